The van der Waals surface area contributed by atoms with Gasteiger partial charge in [-0.3, -0.25) is 4.90 Å². The first-order valence-electron chi connectivity index (χ1n) is 7.50. The molecule has 0 fully saturated rings. The van der Waals surface area contributed by atoms with Gasteiger partial charge in [0.05, 0.1) is 0 Å². The summed E-state index contributed by atoms with van der Waals surface area (Å²) in [4.78, 5) is 7.31. The van der Waals surface area contributed by atoms with Crippen molar-refractivity contribution in [1.82, 2.24) is 14.7 Å². The molecule has 0 radical (unpaired) electrons. The summed E-state index contributed by atoms with van der Waals surface area (Å²) in [5, 5.41) is 0. The summed E-state index contributed by atoms with van der Waals surface area (Å²) < 4.78 is 0. The second-order valence-corrected chi connectivity index (χ2v) is 4.63. The maximum atomic E-state index is 4.22. The number of hydrogen-bond donors (Lipinski definition) is 0. The smallest absolute Gasteiger partial charge is 0.0378 e. The summed E-state index contributed by atoms with van der Waals surface area (Å²) in [5.74, 6) is 0. The van der Waals surface area contributed by atoms with E-state index in [0.29, 0.717) is 0 Å². The van der Waals surface area contributed by atoms with Crippen molar-refractivity contribution >= 4 is 0 Å². The van der Waals surface area contributed by atoms with Crippen molar-refractivity contribution in [2.45, 2.75) is 34.6 Å². The predicted octanol–water partition coefficient (Wildman–Crippen LogP) is 2.51. The minimum absolute atomic E-state index is 0.999. The highest BCUT2D eigenvalue weighted by molar-refractivity contribution is 4.96. The summed E-state index contributed by atoms with van der Waals surface area (Å²) in [6.45, 7) is 24.1. The molecule has 0 aromatic heterocycles. The molecule has 0 heterocycles. The predicted molar refractivity (Wildman–Crippen MR) is 82.0 cm³/mol. The Morgan fingerprint density at radius 2 is 1.17 bits per heavy atom. The third-order valence-electron chi connectivity index (χ3n) is 3.69. The Kier molecular flexibility index (Phi) is 10.1. The molecule has 3 heteroatoms. The fourth-order valence-corrected chi connectivity index (χ4v) is 2.20. The molecule has 0 spiro atoms. The van der Waals surface area contributed by atoms with Gasteiger partial charge in [-0.1, -0.05) is 27.4 Å². The summed E-state index contributed by atoms with van der Waals surface area (Å²) in [7, 11) is 0. The molecule has 0 rings (SSSR count). The van der Waals surface area contributed by atoms with E-state index in [0.717, 1.165) is 52.4 Å². The van der Waals surface area contributed by atoms with Crippen LogP contribution in [0, 0.1) is 0 Å². The highest BCUT2D eigenvalue weighted by Crippen LogP contribution is 2.04. The van der Waals surface area contributed by atoms with E-state index < -0.39 is 0 Å². The molecule has 0 aromatic rings. The van der Waals surface area contributed by atoms with E-state index in [9.17, 15) is 0 Å². The van der Waals surface area contributed by atoms with E-state index in [1.165, 1.54) is 5.70 Å². The lowest BCUT2D eigenvalue weighted by Crippen LogP contribution is -2.38. The van der Waals surface area contributed by atoms with Crippen molar-refractivity contribution in [2.24, 2.45) is 0 Å². The average molecular weight is 255 g/mol. The Morgan fingerprint density at radius 1 is 0.722 bits per heavy atom. The van der Waals surface area contributed by atoms with Gasteiger partial charge in [0.2, 0.25) is 0 Å². The summed E-state index contributed by atoms with van der Waals surface area (Å²) in [6.07, 6.45) is 0. The lowest BCUT2D eigenvalue weighted by atomic mass is 10.3. The van der Waals surface area contributed by atoms with Crippen LogP contribution < -0.4 is 0 Å². The van der Waals surface area contributed by atoms with Gasteiger partial charge in [0.1, 0.15) is 0 Å². The molecule has 0 N–H and O–H groups in total. The summed E-state index contributed by atoms with van der Waals surface area (Å²) in [5.41, 5.74) is 1.25. The van der Waals surface area contributed by atoms with E-state index >= 15 is 0 Å². The zero-order valence-electron chi connectivity index (χ0n) is 13.2. The van der Waals surface area contributed by atoms with Crippen molar-refractivity contribution in [3.05, 3.63) is 12.3 Å². The molecule has 0 aliphatic rings. The molecule has 0 unspecified atom stereocenters. The Morgan fingerprint density at radius 3 is 1.56 bits per heavy atom. The van der Waals surface area contributed by atoms with Gasteiger partial charge in [0.15, 0.2) is 0 Å². The average Bonchev–Trinajstić information content (AvgIpc) is 2.39. The maximum Gasteiger partial charge on any atom is 0.0378 e. The number of likely N-dealkylation sites (N-methyl/N-ethyl adjacent to an activating group) is 3. The van der Waals surface area contributed by atoms with Crippen LogP contribution in [0.2, 0.25) is 0 Å². The highest BCUT2D eigenvalue weighted by Gasteiger charge is 2.09. The zero-order chi connectivity index (χ0) is 14.0. The van der Waals surface area contributed by atoms with Crippen LogP contribution in [0.5, 0.6) is 0 Å². The zero-order valence-corrected chi connectivity index (χ0v) is 13.2. The topological polar surface area (TPSA) is 9.72 Å². The molecule has 0 bridgehead atoms. The van der Waals surface area contributed by atoms with Crippen LogP contribution in [-0.4, -0.2) is 67.1 Å². The monoisotopic (exact) mass is 255 g/mol. The molecular weight excluding hydrogens is 222 g/mol. The molecule has 0 saturated heterocycles. The molecule has 3 nitrogen and oxygen atoms in total. The molecule has 18 heavy (non-hydrogen) atoms. The maximum absolute atomic E-state index is 4.22. The Hall–Kier alpha value is -0.540. The third kappa shape index (κ3) is 6.41. The Labute approximate surface area is 114 Å². The quantitative estimate of drug-likeness (QED) is 0.562. The highest BCUT2D eigenvalue weighted by atomic mass is 15.2. The molecule has 0 aromatic carbocycles. The standard InChI is InChI=1S/C15H33N3/c1-7-16(8-2)12-13-17(9-3)14-15(6)18(10-4)11-5/h6-14H2,1-5H3. The van der Waals surface area contributed by atoms with Gasteiger partial charge in [-0.2, -0.15) is 0 Å². The minimum Gasteiger partial charge on any atom is -0.375 e. The van der Waals surface area contributed by atoms with Crippen LogP contribution >= 0.6 is 0 Å². The van der Waals surface area contributed by atoms with Gasteiger partial charge in [-0.05, 0) is 33.5 Å². The minimum atomic E-state index is 0.999. The second-order valence-electron chi connectivity index (χ2n) is 4.63. The van der Waals surface area contributed by atoms with Crippen LogP contribution in [-0.2, 0) is 0 Å². The van der Waals surface area contributed by atoms with E-state index in [-0.39, 0.29) is 0 Å². The van der Waals surface area contributed by atoms with Crippen molar-refractivity contribution in [1.29, 1.82) is 0 Å². The van der Waals surface area contributed by atoms with Crippen LogP contribution in [0.3, 0.4) is 0 Å². The first-order valence-corrected chi connectivity index (χ1v) is 7.50. The van der Waals surface area contributed by atoms with Crippen molar-refractivity contribution in [3.8, 4) is 0 Å². The van der Waals surface area contributed by atoms with Crippen LogP contribution in [0.15, 0.2) is 12.3 Å². The number of hydrogen-bond acceptors (Lipinski definition) is 3. The largest absolute Gasteiger partial charge is 0.375 e. The Balaban J connectivity index is 4.13. The molecule has 0 amide bonds. The lowest BCUT2D eigenvalue weighted by molar-refractivity contribution is 0.216. The van der Waals surface area contributed by atoms with Gasteiger partial charge >= 0.3 is 0 Å². The second kappa shape index (κ2) is 10.4. The van der Waals surface area contributed by atoms with Crippen LogP contribution in [0.4, 0.5) is 0 Å². The first kappa shape index (κ1) is 17.5. The van der Waals surface area contributed by atoms with Gasteiger partial charge in [-0.25, -0.2) is 0 Å². The van der Waals surface area contributed by atoms with E-state index in [2.05, 4.69) is 55.9 Å². The molecule has 108 valence electrons. The molecule has 0 aliphatic carbocycles. The Bertz CT molecular complexity index is 208. The molecular formula is C15H33N3. The SMILES string of the molecule is C=C(CN(CC)CCN(CC)CC)N(CC)CC. The molecule has 0 aliphatic heterocycles. The van der Waals surface area contributed by atoms with Crippen LogP contribution in [0.1, 0.15) is 34.6 Å². The van der Waals surface area contributed by atoms with Gasteiger partial charge in [0.25, 0.3) is 0 Å². The fraction of sp³-hybridized carbons (Fsp3) is 0.867. The van der Waals surface area contributed by atoms with Crippen molar-refractivity contribution in [3.63, 3.8) is 0 Å². The van der Waals surface area contributed by atoms with Crippen molar-refractivity contribution < 1.29 is 0 Å². The summed E-state index contributed by atoms with van der Waals surface area (Å²) >= 11 is 0. The van der Waals surface area contributed by atoms with Crippen molar-refractivity contribution in [2.75, 3.05) is 52.4 Å². The number of nitrogens with zero attached hydrogens (tertiary/aromatic N) is 3. The number of rotatable bonds is 11. The van der Waals surface area contributed by atoms with Gasteiger partial charge in [0, 0.05) is 38.4 Å². The van der Waals surface area contributed by atoms with Gasteiger partial charge in [-0.15, -0.1) is 0 Å². The first-order chi connectivity index (χ1) is 8.62. The van der Waals surface area contributed by atoms with E-state index in [1.807, 2.05) is 0 Å². The molecule has 0 atom stereocenters. The van der Waals surface area contributed by atoms with Gasteiger partial charge < -0.3 is 9.80 Å². The third-order valence-corrected chi connectivity index (χ3v) is 3.69. The molecule has 0 saturated carbocycles. The fourth-order valence-electron chi connectivity index (χ4n) is 2.20. The van der Waals surface area contributed by atoms with Crippen LogP contribution in [0.25, 0.3) is 0 Å². The van der Waals surface area contributed by atoms with E-state index in [4.69, 9.17) is 0 Å². The lowest BCUT2D eigenvalue weighted by Gasteiger charge is -2.30. The summed E-state index contributed by atoms with van der Waals surface area (Å²) in [6, 6.07) is 0. The van der Waals surface area contributed by atoms with E-state index in [1.54, 1.807) is 0 Å². The normalized spacial score (nSPS) is 11.3.